The molecule has 3 nitrogen and oxygen atoms in total. The molecule has 21 heavy (non-hydrogen) atoms. The van der Waals surface area contributed by atoms with E-state index in [0.29, 0.717) is 13.0 Å². The summed E-state index contributed by atoms with van der Waals surface area (Å²) in [7, 11) is 1.76. The fraction of sp³-hybridized carbons (Fsp3) is 0.529. The van der Waals surface area contributed by atoms with E-state index in [1.54, 1.807) is 23.7 Å². The Balaban J connectivity index is 2.91. The maximum Gasteiger partial charge on any atom is 0.235 e. The number of carbonyl (C=O) groups is 1. The van der Waals surface area contributed by atoms with Crippen LogP contribution in [0.1, 0.15) is 35.6 Å². The molecule has 1 aromatic rings. The summed E-state index contributed by atoms with van der Waals surface area (Å²) in [6.07, 6.45) is 0.376. The Kier molecular flexibility index (Phi) is 6.29. The fourth-order valence-corrected chi connectivity index (χ4v) is 3.53. The molecule has 0 saturated carbocycles. The molecule has 0 aliphatic heterocycles. The van der Waals surface area contributed by atoms with Crippen LogP contribution in [0.15, 0.2) is 11.0 Å². The van der Waals surface area contributed by atoms with Crippen LogP contribution in [-0.4, -0.2) is 29.6 Å². The lowest BCUT2D eigenvalue weighted by Crippen LogP contribution is -2.33. The molecular weight excluding hydrogens is 280 g/mol. The smallest absolute Gasteiger partial charge is 0.235 e. The number of hydrogen-bond donors (Lipinski definition) is 0. The SMILES string of the molecule is Cc1cc(C)c(C)c(S[C@@H](C)C(=O)N(C)CCC#N)c1C. The summed E-state index contributed by atoms with van der Waals surface area (Å²) in [4.78, 5) is 15.2. The molecule has 1 atom stereocenters. The number of nitrogens with zero attached hydrogens (tertiary/aromatic N) is 2. The van der Waals surface area contributed by atoms with Gasteiger partial charge in [0.05, 0.1) is 17.7 Å². The number of nitriles is 1. The molecule has 1 rings (SSSR count). The van der Waals surface area contributed by atoms with Crippen LogP contribution in [0.4, 0.5) is 0 Å². The number of benzene rings is 1. The van der Waals surface area contributed by atoms with E-state index >= 15 is 0 Å². The monoisotopic (exact) mass is 304 g/mol. The van der Waals surface area contributed by atoms with Crippen molar-refractivity contribution < 1.29 is 4.79 Å². The zero-order valence-corrected chi connectivity index (χ0v) is 14.6. The summed E-state index contributed by atoms with van der Waals surface area (Å²) in [5, 5.41) is 8.47. The van der Waals surface area contributed by atoms with Crippen LogP contribution in [0.5, 0.6) is 0 Å². The largest absolute Gasteiger partial charge is 0.344 e. The lowest BCUT2D eigenvalue weighted by atomic mass is 10.0. The maximum absolute atomic E-state index is 12.3. The van der Waals surface area contributed by atoms with Crippen LogP contribution in [-0.2, 0) is 4.79 Å². The first-order chi connectivity index (χ1) is 9.79. The highest BCUT2D eigenvalue weighted by molar-refractivity contribution is 8.00. The van der Waals surface area contributed by atoms with E-state index in [2.05, 4.69) is 39.8 Å². The van der Waals surface area contributed by atoms with E-state index in [1.807, 2.05) is 6.92 Å². The summed E-state index contributed by atoms with van der Waals surface area (Å²) < 4.78 is 0. The summed E-state index contributed by atoms with van der Waals surface area (Å²) in [6, 6.07) is 4.27. The Morgan fingerprint density at radius 3 is 2.29 bits per heavy atom. The average Bonchev–Trinajstić information content (AvgIpc) is 2.46. The zero-order chi connectivity index (χ0) is 16.2. The molecule has 0 aliphatic carbocycles. The summed E-state index contributed by atoms with van der Waals surface area (Å²) >= 11 is 1.62. The number of rotatable bonds is 5. The quantitative estimate of drug-likeness (QED) is 0.778. The van der Waals surface area contributed by atoms with Gasteiger partial charge in [0.25, 0.3) is 0 Å². The topological polar surface area (TPSA) is 44.1 Å². The van der Waals surface area contributed by atoms with Crippen molar-refractivity contribution in [3.63, 3.8) is 0 Å². The van der Waals surface area contributed by atoms with Crippen molar-refractivity contribution in [1.82, 2.24) is 4.90 Å². The van der Waals surface area contributed by atoms with E-state index < -0.39 is 0 Å². The standard InChI is InChI=1S/C17H24N2OS/c1-11-10-12(2)14(4)16(13(11)3)21-15(5)17(20)19(6)9-7-8-18/h10,15H,7,9H2,1-6H3/t15-/m0/s1. The van der Waals surface area contributed by atoms with Crippen LogP contribution in [0.25, 0.3) is 0 Å². The van der Waals surface area contributed by atoms with Crippen molar-refractivity contribution in [2.24, 2.45) is 0 Å². The van der Waals surface area contributed by atoms with Gasteiger partial charge in [-0.05, 0) is 56.9 Å². The minimum Gasteiger partial charge on any atom is -0.344 e. The Hall–Kier alpha value is -1.47. The third-order valence-electron chi connectivity index (χ3n) is 3.87. The van der Waals surface area contributed by atoms with Crippen molar-refractivity contribution in [3.05, 3.63) is 28.3 Å². The second-order valence-corrected chi connectivity index (χ2v) is 6.87. The number of hydrogen-bond acceptors (Lipinski definition) is 3. The highest BCUT2D eigenvalue weighted by atomic mass is 32.2. The molecule has 0 heterocycles. The Morgan fingerprint density at radius 1 is 1.29 bits per heavy atom. The molecular formula is C17H24N2OS. The molecule has 0 fully saturated rings. The van der Waals surface area contributed by atoms with Gasteiger partial charge in [-0.1, -0.05) is 6.07 Å². The summed E-state index contributed by atoms with van der Waals surface area (Å²) in [5.74, 6) is 0.0770. The summed E-state index contributed by atoms with van der Waals surface area (Å²) in [6.45, 7) is 10.9. The minimum absolute atomic E-state index is 0.0770. The lowest BCUT2D eigenvalue weighted by Gasteiger charge is -2.22. The molecule has 0 aliphatic rings. The van der Waals surface area contributed by atoms with Gasteiger partial charge in [0.15, 0.2) is 0 Å². The third-order valence-corrected chi connectivity index (χ3v) is 5.28. The van der Waals surface area contributed by atoms with E-state index in [-0.39, 0.29) is 11.2 Å². The van der Waals surface area contributed by atoms with Crippen molar-refractivity contribution in [1.29, 1.82) is 5.26 Å². The second-order valence-electron chi connectivity index (χ2n) is 5.52. The van der Waals surface area contributed by atoms with Gasteiger partial charge in [0.1, 0.15) is 0 Å². The van der Waals surface area contributed by atoms with Crippen LogP contribution in [0.3, 0.4) is 0 Å². The first kappa shape index (κ1) is 17.6. The van der Waals surface area contributed by atoms with E-state index in [9.17, 15) is 4.79 Å². The second kappa shape index (κ2) is 7.51. The molecule has 4 heteroatoms. The average molecular weight is 304 g/mol. The number of aryl methyl sites for hydroxylation is 2. The Bertz CT molecular complexity index is 549. The van der Waals surface area contributed by atoms with Gasteiger partial charge >= 0.3 is 0 Å². The molecule has 1 aromatic carbocycles. The van der Waals surface area contributed by atoms with Crippen molar-refractivity contribution in [3.8, 4) is 6.07 Å². The first-order valence-electron chi connectivity index (χ1n) is 7.15. The normalized spacial score (nSPS) is 11.9. The molecule has 0 N–H and O–H groups in total. The van der Waals surface area contributed by atoms with Gasteiger partial charge in [-0.2, -0.15) is 5.26 Å². The van der Waals surface area contributed by atoms with E-state index in [4.69, 9.17) is 5.26 Å². The lowest BCUT2D eigenvalue weighted by molar-refractivity contribution is -0.128. The molecule has 0 bridgehead atoms. The van der Waals surface area contributed by atoms with Crippen molar-refractivity contribution in [2.75, 3.05) is 13.6 Å². The molecule has 0 radical (unpaired) electrons. The molecule has 0 aromatic heterocycles. The number of thioether (sulfide) groups is 1. The highest BCUT2D eigenvalue weighted by Crippen LogP contribution is 2.34. The van der Waals surface area contributed by atoms with Crippen molar-refractivity contribution >= 4 is 17.7 Å². The molecule has 1 amide bonds. The van der Waals surface area contributed by atoms with Crippen LogP contribution in [0.2, 0.25) is 0 Å². The molecule has 0 unspecified atom stereocenters. The predicted octanol–water partition coefficient (Wildman–Crippen LogP) is 3.77. The van der Waals surface area contributed by atoms with Gasteiger partial charge in [-0.15, -0.1) is 11.8 Å². The Labute approximate surface area is 132 Å². The van der Waals surface area contributed by atoms with Gasteiger partial charge in [-0.3, -0.25) is 4.79 Å². The Morgan fingerprint density at radius 2 is 1.81 bits per heavy atom. The first-order valence-corrected chi connectivity index (χ1v) is 8.03. The minimum atomic E-state index is -0.146. The molecule has 114 valence electrons. The van der Waals surface area contributed by atoms with Crippen molar-refractivity contribution in [2.45, 2.75) is 51.2 Å². The van der Waals surface area contributed by atoms with Gasteiger partial charge in [-0.25, -0.2) is 0 Å². The molecule has 0 saturated heterocycles. The fourth-order valence-electron chi connectivity index (χ4n) is 2.22. The van der Waals surface area contributed by atoms with Gasteiger partial charge in [0.2, 0.25) is 5.91 Å². The van der Waals surface area contributed by atoms with E-state index in [1.165, 1.54) is 27.1 Å². The van der Waals surface area contributed by atoms with Crippen LogP contribution < -0.4 is 0 Å². The number of carbonyl (C=O) groups excluding carboxylic acids is 1. The number of amides is 1. The summed E-state index contributed by atoms with van der Waals surface area (Å²) in [5.41, 5.74) is 5.03. The third kappa shape index (κ3) is 4.25. The predicted molar refractivity (Wildman–Crippen MR) is 88.6 cm³/mol. The van der Waals surface area contributed by atoms with Gasteiger partial charge in [0, 0.05) is 18.5 Å². The van der Waals surface area contributed by atoms with Crippen LogP contribution in [0, 0.1) is 39.0 Å². The maximum atomic E-state index is 12.3. The molecule has 0 spiro atoms. The zero-order valence-electron chi connectivity index (χ0n) is 13.8. The highest BCUT2D eigenvalue weighted by Gasteiger charge is 2.21. The van der Waals surface area contributed by atoms with Crippen LogP contribution >= 0.6 is 11.8 Å². The van der Waals surface area contributed by atoms with E-state index in [0.717, 1.165) is 0 Å². The van der Waals surface area contributed by atoms with Gasteiger partial charge < -0.3 is 4.90 Å².